The standard InChI is InChI=1S/C25H21N3O5S/c1-28(18-9-3-2-4-10-18)34(31,32)23-15-6-5-11-20(23)25(30)33-17-24(29)27-22-14-7-13-21-19(22)12-8-16-26-21/h2-16H,17H2,1H3,(H,27,29). The predicted octanol–water partition coefficient (Wildman–Crippen LogP) is 3.86. The summed E-state index contributed by atoms with van der Waals surface area (Å²) >= 11 is 0. The number of fused-ring (bicyclic) bond motifs is 1. The fourth-order valence-corrected chi connectivity index (χ4v) is 4.77. The first-order valence-electron chi connectivity index (χ1n) is 10.3. The number of esters is 1. The SMILES string of the molecule is CN(c1ccccc1)S(=O)(=O)c1ccccc1C(=O)OCC(=O)Nc1cccc2ncccc12. The van der Waals surface area contributed by atoms with Crippen LogP contribution >= 0.6 is 0 Å². The van der Waals surface area contributed by atoms with Gasteiger partial charge in [-0.15, -0.1) is 0 Å². The number of anilines is 2. The van der Waals surface area contributed by atoms with Gasteiger partial charge in [-0.2, -0.15) is 0 Å². The zero-order valence-electron chi connectivity index (χ0n) is 18.2. The van der Waals surface area contributed by atoms with Gasteiger partial charge in [0, 0.05) is 18.6 Å². The second-order valence-electron chi connectivity index (χ2n) is 7.30. The number of aromatic nitrogens is 1. The number of hydrogen-bond donors (Lipinski definition) is 1. The number of pyridine rings is 1. The summed E-state index contributed by atoms with van der Waals surface area (Å²) < 4.78 is 32.6. The van der Waals surface area contributed by atoms with Crippen LogP contribution in [0.4, 0.5) is 11.4 Å². The minimum atomic E-state index is -4.05. The van der Waals surface area contributed by atoms with Crippen molar-refractivity contribution in [2.24, 2.45) is 0 Å². The molecule has 0 saturated heterocycles. The summed E-state index contributed by atoms with van der Waals surface area (Å²) in [5.74, 6) is -1.48. The number of rotatable bonds is 7. The van der Waals surface area contributed by atoms with Crippen molar-refractivity contribution in [3.63, 3.8) is 0 Å². The van der Waals surface area contributed by atoms with Crippen LogP contribution in [0.15, 0.2) is 96.0 Å². The third-order valence-electron chi connectivity index (χ3n) is 5.12. The van der Waals surface area contributed by atoms with Gasteiger partial charge in [-0.1, -0.05) is 36.4 Å². The molecule has 0 aliphatic carbocycles. The van der Waals surface area contributed by atoms with Crippen molar-refractivity contribution in [1.82, 2.24) is 4.98 Å². The summed E-state index contributed by atoms with van der Waals surface area (Å²) in [6, 6.07) is 23.1. The Morgan fingerprint density at radius 2 is 1.65 bits per heavy atom. The van der Waals surface area contributed by atoms with Crippen molar-refractivity contribution in [3.8, 4) is 0 Å². The van der Waals surface area contributed by atoms with Crippen molar-refractivity contribution in [2.75, 3.05) is 23.3 Å². The Kier molecular flexibility index (Phi) is 6.55. The lowest BCUT2D eigenvalue weighted by Crippen LogP contribution is -2.28. The minimum absolute atomic E-state index is 0.160. The number of benzene rings is 3. The van der Waals surface area contributed by atoms with Crippen LogP contribution in [0, 0.1) is 0 Å². The number of carbonyl (C=O) groups excluding carboxylic acids is 2. The van der Waals surface area contributed by atoms with Gasteiger partial charge in [0.05, 0.1) is 22.5 Å². The van der Waals surface area contributed by atoms with E-state index in [-0.39, 0.29) is 10.5 Å². The minimum Gasteiger partial charge on any atom is -0.452 e. The maximum atomic E-state index is 13.2. The Balaban J connectivity index is 1.49. The summed E-state index contributed by atoms with van der Waals surface area (Å²) in [7, 11) is -2.65. The molecule has 9 heteroatoms. The molecule has 8 nitrogen and oxygen atoms in total. The average Bonchev–Trinajstić information content (AvgIpc) is 2.87. The van der Waals surface area contributed by atoms with Gasteiger partial charge >= 0.3 is 5.97 Å². The molecule has 3 aromatic carbocycles. The van der Waals surface area contributed by atoms with Gasteiger partial charge < -0.3 is 10.1 Å². The van der Waals surface area contributed by atoms with Crippen molar-refractivity contribution >= 4 is 44.2 Å². The Labute approximate surface area is 196 Å². The molecule has 4 aromatic rings. The number of ether oxygens (including phenoxy) is 1. The average molecular weight is 476 g/mol. The highest BCUT2D eigenvalue weighted by Gasteiger charge is 2.27. The molecule has 1 amide bonds. The van der Waals surface area contributed by atoms with E-state index in [0.29, 0.717) is 16.9 Å². The highest BCUT2D eigenvalue weighted by molar-refractivity contribution is 7.92. The quantitative estimate of drug-likeness (QED) is 0.407. The number of para-hydroxylation sites is 1. The molecule has 0 bridgehead atoms. The summed E-state index contributed by atoms with van der Waals surface area (Å²) in [5, 5.41) is 3.43. The van der Waals surface area contributed by atoms with E-state index >= 15 is 0 Å². The first-order valence-corrected chi connectivity index (χ1v) is 11.8. The lowest BCUT2D eigenvalue weighted by Gasteiger charge is -2.20. The van der Waals surface area contributed by atoms with Crippen molar-refractivity contribution in [1.29, 1.82) is 0 Å². The van der Waals surface area contributed by atoms with Gasteiger partial charge in [0.2, 0.25) is 0 Å². The lowest BCUT2D eigenvalue weighted by atomic mass is 10.2. The van der Waals surface area contributed by atoms with Crippen LogP contribution < -0.4 is 9.62 Å². The van der Waals surface area contributed by atoms with Crippen LogP contribution in [0.1, 0.15) is 10.4 Å². The molecular formula is C25H21N3O5S. The molecule has 0 unspecified atom stereocenters. The van der Waals surface area contributed by atoms with Crippen LogP contribution in [-0.4, -0.2) is 38.9 Å². The highest BCUT2D eigenvalue weighted by Crippen LogP contribution is 2.25. The second-order valence-corrected chi connectivity index (χ2v) is 9.24. The van der Waals surface area contributed by atoms with Crippen molar-refractivity contribution < 1.29 is 22.7 Å². The number of nitrogens with zero attached hydrogens (tertiary/aromatic N) is 2. The van der Waals surface area contributed by atoms with Gasteiger partial charge in [0.15, 0.2) is 6.61 Å². The Morgan fingerprint density at radius 3 is 2.44 bits per heavy atom. The molecular weight excluding hydrogens is 454 g/mol. The normalized spacial score (nSPS) is 11.1. The predicted molar refractivity (Wildman–Crippen MR) is 129 cm³/mol. The lowest BCUT2D eigenvalue weighted by molar-refractivity contribution is -0.119. The first-order chi connectivity index (χ1) is 16.4. The Hall–Kier alpha value is -4.24. The molecule has 0 spiro atoms. The maximum absolute atomic E-state index is 13.2. The fraction of sp³-hybridized carbons (Fsp3) is 0.0800. The number of nitrogens with one attached hydrogen (secondary N) is 1. The van der Waals surface area contributed by atoms with E-state index in [2.05, 4.69) is 10.3 Å². The van der Waals surface area contributed by atoms with Gasteiger partial charge in [0.1, 0.15) is 4.90 Å². The molecule has 172 valence electrons. The highest BCUT2D eigenvalue weighted by atomic mass is 32.2. The van der Waals surface area contributed by atoms with Crippen LogP contribution in [0.2, 0.25) is 0 Å². The number of sulfonamides is 1. The molecule has 34 heavy (non-hydrogen) atoms. The zero-order valence-corrected chi connectivity index (χ0v) is 19.0. The monoisotopic (exact) mass is 475 g/mol. The molecule has 0 aliphatic heterocycles. The molecule has 1 heterocycles. The van der Waals surface area contributed by atoms with E-state index in [4.69, 9.17) is 4.74 Å². The van der Waals surface area contributed by atoms with Crippen molar-refractivity contribution in [3.05, 3.63) is 96.7 Å². The van der Waals surface area contributed by atoms with E-state index in [1.807, 2.05) is 12.1 Å². The summed E-state index contributed by atoms with van der Waals surface area (Å²) in [4.78, 5) is 29.2. The third kappa shape index (κ3) is 4.74. The van der Waals surface area contributed by atoms with E-state index in [0.717, 1.165) is 9.69 Å². The molecule has 1 N–H and O–H groups in total. The molecule has 0 fully saturated rings. The third-order valence-corrected chi connectivity index (χ3v) is 6.96. The number of hydrogen-bond acceptors (Lipinski definition) is 6. The zero-order chi connectivity index (χ0) is 24.1. The van der Waals surface area contributed by atoms with Gasteiger partial charge in [-0.05, 0) is 48.5 Å². The van der Waals surface area contributed by atoms with Crippen LogP contribution in [0.5, 0.6) is 0 Å². The summed E-state index contributed by atoms with van der Waals surface area (Å²) in [5.41, 5.74) is 1.51. The first kappa shape index (κ1) is 22.9. The maximum Gasteiger partial charge on any atom is 0.340 e. The molecule has 1 aromatic heterocycles. The summed E-state index contributed by atoms with van der Waals surface area (Å²) in [6.07, 6.45) is 1.65. The Bertz CT molecular complexity index is 1450. The van der Waals surface area contributed by atoms with Crippen molar-refractivity contribution in [2.45, 2.75) is 4.90 Å². The molecule has 4 rings (SSSR count). The Morgan fingerprint density at radius 1 is 0.912 bits per heavy atom. The van der Waals surface area contributed by atoms with Gasteiger partial charge in [0.25, 0.3) is 15.9 Å². The van der Waals surface area contributed by atoms with Gasteiger partial charge in [-0.25, -0.2) is 13.2 Å². The number of amides is 1. The van der Waals surface area contributed by atoms with E-state index < -0.39 is 28.5 Å². The molecule has 0 saturated carbocycles. The molecule has 0 radical (unpaired) electrons. The van der Waals surface area contributed by atoms with E-state index in [9.17, 15) is 18.0 Å². The molecule has 0 aliphatic rings. The topological polar surface area (TPSA) is 106 Å². The van der Waals surface area contributed by atoms with E-state index in [1.165, 1.54) is 31.3 Å². The summed E-state index contributed by atoms with van der Waals surface area (Å²) in [6.45, 7) is -0.585. The largest absolute Gasteiger partial charge is 0.452 e. The van der Waals surface area contributed by atoms with Crippen LogP contribution in [-0.2, 0) is 19.6 Å². The van der Waals surface area contributed by atoms with E-state index in [1.54, 1.807) is 54.7 Å². The van der Waals surface area contributed by atoms with Crippen LogP contribution in [0.3, 0.4) is 0 Å². The smallest absolute Gasteiger partial charge is 0.340 e. The van der Waals surface area contributed by atoms with Crippen LogP contribution in [0.25, 0.3) is 10.9 Å². The second kappa shape index (κ2) is 9.72. The molecule has 0 atom stereocenters. The number of carbonyl (C=O) groups is 2. The van der Waals surface area contributed by atoms with Gasteiger partial charge in [-0.3, -0.25) is 14.1 Å². The fourth-order valence-electron chi connectivity index (χ4n) is 3.39.